The average molecular weight is 349 g/mol. The Labute approximate surface area is 129 Å². The predicted molar refractivity (Wildman–Crippen MR) is 82.1 cm³/mol. The number of carbonyl (C=O) groups excluding carboxylic acids is 2. The molecule has 0 radical (unpaired) electrons. The molecular weight excluding hydrogens is 336 g/mol. The van der Waals surface area contributed by atoms with E-state index >= 15 is 0 Å². The number of amides is 1. The summed E-state index contributed by atoms with van der Waals surface area (Å²) in [5, 5.41) is 3.48. The van der Waals surface area contributed by atoms with E-state index in [1.807, 2.05) is 18.2 Å². The number of aromatic nitrogens is 1. The first kappa shape index (κ1) is 14.0. The Balaban J connectivity index is 2.32. The minimum Gasteiger partial charge on any atom is -0.465 e. The maximum atomic E-state index is 12.4. The van der Waals surface area contributed by atoms with Gasteiger partial charge in [0.2, 0.25) is 5.91 Å². The molecule has 0 spiro atoms. The first-order valence-corrected chi connectivity index (χ1v) is 7.35. The molecule has 1 aromatic carbocycles. The molecule has 1 amide bonds. The van der Waals surface area contributed by atoms with E-state index in [2.05, 4.69) is 26.2 Å². The molecule has 21 heavy (non-hydrogen) atoms. The highest BCUT2D eigenvalue weighted by molar-refractivity contribution is 9.10. The van der Waals surface area contributed by atoms with Crippen LogP contribution in [0.5, 0.6) is 0 Å². The van der Waals surface area contributed by atoms with Gasteiger partial charge in [0.25, 0.3) is 0 Å². The third-order valence-electron chi connectivity index (χ3n) is 3.72. The van der Waals surface area contributed by atoms with Crippen LogP contribution >= 0.6 is 15.9 Å². The number of hydrogen-bond donors (Lipinski definition) is 1. The van der Waals surface area contributed by atoms with Crippen LogP contribution in [0.1, 0.15) is 19.4 Å². The van der Waals surface area contributed by atoms with Gasteiger partial charge >= 0.3 is 5.97 Å². The van der Waals surface area contributed by atoms with Crippen molar-refractivity contribution in [1.82, 2.24) is 4.98 Å². The van der Waals surface area contributed by atoms with Crippen molar-refractivity contribution in [3.63, 3.8) is 0 Å². The molecular formula is C15H13BrN2O3. The highest BCUT2D eigenvalue weighted by Crippen LogP contribution is 2.42. The molecule has 1 aromatic heterocycles. The zero-order chi connectivity index (χ0) is 15.2. The van der Waals surface area contributed by atoms with Crippen LogP contribution in [0.3, 0.4) is 0 Å². The number of nitrogens with zero attached hydrogens (tertiary/aromatic N) is 1. The molecule has 5 nitrogen and oxygen atoms in total. The first-order valence-electron chi connectivity index (χ1n) is 6.56. The zero-order valence-corrected chi connectivity index (χ0v) is 13.2. The van der Waals surface area contributed by atoms with Gasteiger partial charge in [0.15, 0.2) is 5.41 Å². The predicted octanol–water partition coefficient (Wildman–Crippen LogP) is 2.77. The second-order valence-electron chi connectivity index (χ2n) is 5.01. The molecule has 0 fully saturated rings. The third-order valence-corrected chi connectivity index (χ3v) is 4.21. The Morgan fingerprint density at radius 3 is 2.95 bits per heavy atom. The molecule has 0 bridgehead atoms. The highest BCUT2D eigenvalue weighted by atomic mass is 79.9. The Morgan fingerprint density at radius 1 is 1.48 bits per heavy atom. The second kappa shape index (κ2) is 4.80. The summed E-state index contributed by atoms with van der Waals surface area (Å²) in [4.78, 5) is 29.0. The Bertz CT molecular complexity index is 775. The van der Waals surface area contributed by atoms with E-state index in [0.717, 1.165) is 15.4 Å². The number of benzene rings is 1. The molecule has 3 rings (SSSR count). The van der Waals surface area contributed by atoms with Gasteiger partial charge in [0, 0.05) is 15.4 Å². The Morgan fingerprint density at radius 2 is 2.24 bits per heavy atom. The fourth-order valence-electron chi connectivity index (χ4n) is 2.63. The quantitative estimate of drug-likeness (QED) is 0.669. The summed E-state index contributed by atoms with van der Waals surface area (Å²) in [5.74, 6) is -0.932. The lowest BCUT2D eigenvalue weighted by molar-refractivity contribution is -0.152. The van der Waals surface area contributed by atoms with E-state index in [1.54, 1.807) is 20.0 Å². The summed E-state index contributed by atoms with van der Waals surface area (Å²) in [7, 11) is 0. The van der Waals surface area contributed by atoms with Crippen molar-refractivity contribution < 1.29 is 14.3 Å². The number of nitrogens with one attached hydrogen (secondary N) is 1. The van der Waals surface area contributed by atoms with E-state index in [1.165, 1.54) is 0 Å². The summed E-state index contributed by atoms with van der Waals surface area (Å²) in [6.07, 6.45) is 1.58. The fourth-order valence-corrected chi connectivity index (χ4v) is 2.99. The Kier molecular flexibility index (Phi) is 3.20. The highest BCUT2D eigenvalue weighted by Gasteiger charge is 2.51. The lowest BCUT2D eigenvalue weighted by Crippen LogP contribution is -2.41. The van der Waals surface area contributed by atoms with Crippen LogP contribution in [-0.4, -0.2) is 23.5 Å². The number of hydrogen-bond acceptors (Lipinski definition) is 4. The normalized spacial score (nSPS) is 20.2. The van der Waals surface area contributed by atoms with Crippen molar-refractivity contribution in [2.45, 2.75) is 19.3 Å². The minimum absolute atomic E-state index is 0.226. The SMILES string of the molecule is CCOC(=O)C1(C)C(=O)Nc2cnc3ccc(Br)cc3c21. The standard InChI is InChI=1S/C15H13BrN2O3/c1-3-21-14(20)15(2)12-9-6-8(16)4-5-10(9)17-7-11(12)18-13(15)19/h4-7H,3H2,1-2H3,(H,18,19). The molecule has 0 aliphatic carbocycles. The summed E-state index contributed by atoms with van der Waals surface area (Å²) >= 11 is 3.41. The number of carbonyl (C=O) groups is 2. The fraction of sp³-hybridized carbons (Fsp3) is 0.267. The van der Waals surface area contributed by atoms with Gasteiger partial charge < -0.3 is 10.1 Å². The van der Waals surface area contributed by atoms with Gasteiger partial charge in [-0.05, 0) is 32.0 Å². The van der Waals surface area contributed by atoms with Gasteiger partial charge in [-0.25, -0.2) is 0 Å². The summed E-state index contributed by atoms with van der Waals surface area (Å²) < 4.78 is 5.96. The van der Waals surface area contributed by atoms with Crippen molar-refractivity contribution >= 4 is 44.4 Å². The van der Waals surface area contributed by atoms with Crippen molar-refractivity contribution in [1.29, 1.82) is 0 Å². The number of anilines is 1. The van der Waals surface area contributed by atoms with E-state index in [-0.39, 0.29) is 12.5 Å². The number of fused-ring (bicyclic) bond motifs is 3. The van der Waals surface area contributed by atoms with E-state index in [4.69, 9.17) is 4.74 Å². The van der Waals surface area contributed by atoms with Gasteiger partial charge in [-0.3, -0.25) is 14.6 Å². The van der Waals surface area contributed by atoms with Crippen molar-refractivity contribution in [3.05, 3.63) is 34.4 Å². The van der Waals surface area contributed by atoms with Gasteiger partial charge in [-0.15, -0.1) is 0 Å². The molecule has 1 atom stereocenters. The molecule has 1 aliphatic rings. The molecule has 0 saturated heterocycles. The molecule has 0 saturated carbocycles. The largest absolute Gasteiger partial charge is 0.465 e. The maximum Gasteiger partial charge on any atom is 0.326 e. The number of esters is 1. The molecule has 6 heteroatoms. The Hall–Kier alpha value is -1.95. The second-order valence-corrected chi connectivity index (χ2v) is 5.92. The lowest BCUT2D eigenvalue weighted by Gasteiger charge is -2.21. The monoisotopic (exact) mass is 348 g/mol. The number of pyridine rings is 1. The molecule has 1 N–H and O–H groups in total. The number of halogens is 1. The van der Waals surface area contributed by atoms with Gasteiger partial charge in [-0.1, -0.05) is 15.9 Å². The van der Waals surface area contributed by atoms with Crippen LogP contribution in [0, 0.1) is 0 Å². The van der Waals surface area contributed by atoms with Crippen molar-refractivity contribution in [3.8, 4) is 0 Å². The zero-order valence-electron chi connectivity index (χ0n) is 11.6. The topological polar surface area (TPSA) is 68.3 Å². The number of rotatable bonds is 2. The summed E-state index contributed by atoms with van der Waals surface area (Å²) in [5.41, 5.74) is 0.551. The van der Waals surface area contributed by atoms with Crippen LogP contribution in [0.25, 0.3) is 10.9 Å². The van der Waals surface area contributed by atoms with Gasteiger partial charge in [0.1, 0.15) is 0 Å². The van der Waals surface area contributed by atoms with Crippen LogP contribution in [-0.2, 0) is 19.7 Å². The van der Waals surface area contributed by atoms with Crippen molar-refractivity contribution in [2.75, 3.05) is 11.9 Å². The average Bonchev–Trinajstić information content (AvgIpc) is 2.72. The molecule has 108 valence electrons. The molecule has 1 unspecified atom stereocenters. The van der Waals surface area contributed by atoms with Crippen LogP contribution in [0.15, 0.2) is 28.9 Å². The molecule has 2 heterocycles. The van der Waals surface area contributed by atoms with Crippen LogP contribution in [0.4, 0.5) is 5.69 Å². The first-order chi connectivity index (χ1) is 9.98. The van der Waals surface area contributed by atoms with Crippen LogP contribution in [0.2, 0.25) is 0 Å². The van der Waals surface area contributed by atoms with Gasteiger partial charge in [0.05, 0.1) is 24.0 Å². The third kappa shape index (κ3) is 1.93. The van der Waals surface area contributed by atoms with E-state index in [9.17, 15) is 9.59 Å². The van der Waals surface area contributed by atoms with Crippen LogP contribution < -0.4 is 5.32 Å². The van der Waals surface area contributed by atoms with E-state index in [0.29, 0.717) is 11.3 Å². The molecule has 2 aromatic rings. The smallest absolute Gasteiger partial charge is 0.326 e. The van der Waals surface area contributed by atoms with Gasteiger partial charge in [-0.2, -0.15) is 0 Å². The lowest BCUT2D eigenvalue weighted by atomic mass is 9.82. The number of ether oxygens (including phenoxy) is 1. The van der Waals surface area contributed by atoms with E-state index < -0.39 is 11.4 Å². The minimum atomic E-state index is -1.35. The maximum absolute atomic E-state index is 12.4. The summed E-state index contributed by atoms with van der Waals surface area (Å²) in [6.45, 7) is 3.53. The molecule has 1 aliphatic heterocycles. The van der Waals surface area contributed by atoms with Crippen molar-refractivity contribution in [2.24, 2.45) is 0 Å². The summed E-state index contributed by atoms with van der Waals surface area (Å²) in [6, 6.07) is 5.57.